The number of fused-ring (bicyclic) bond motifs is 1. The summed E-state index contributed by atoms with van der Waals surface area (Å²) in [6, 6.07) is 0.301. The highest BCUT2D eigenvalue weighted by atomic mass is 16.3. The fourth-order valence-corrected chi connectivity index (χ4v) is 3.87. The molecule has 2 aliphatic rings. The maximum atomic E-state index is 10.3. The second kappa shape index (κ2) is 6.22. The van der Waals surface area contributed by atoms with E-state index in [0.29, 0.717) is 17.8 Å². The van der Waals surface area contributed by atoms with Crippen LogP contribution in [0.2, 0.25) is 0 Å². The number of hydrogen-bond acceptors (Lipinski definition) is 3. The van der Waals surface area contributed by atoms with E-state index in [2.05, 4.69) is 0 Å². The molecule has 0 amide bonds. The first-order valence-corrected chi connectivity index (χ1v) is 8.24. The Morgan fingerprint density at radius 3 is 2.86 bits per heavy atom. The molecule has 21 heavy (non-hydrogen) atoms. The Kier molecular flexibility index (Phi) is 4.34. The lowest BCUT2D eigenvalue weighted by Crippen LogP contribution is -2.21. The molecule has 4 heteroatoms. The number of aliphatic imine (C=N–C) groups is 1. The summed E-state index contributed by atoms with van der Waals surface area (Å²) in [7, 11) is 1.94. The first-order chi connectivity index (χ1) is 10.2. The minimum atomic E-state index is 0.276. The topological polar surface area (TPSA) is 57.8 Å². The van der Waals surface area contributed by atoms with Crippen LogP contribution >= 0.6 is 0 Å². The smallest absolute Gasteiger partial charge is 0.200 e. The van der Waals surface area contributed by atoms with E-state index in [4.69, 9.17) is 4.99 Å². The number of rotatable bonds is 3. The van der Waals surface area contributed by atoms with Crippen LogP contribution in [0.5, 0.6) is 5.88 Å². The number of nitrogens with zero attached hydrogens (tertiary/aromatic N) is 2. The van der Waals surface area contributed by atoms with Gasteiger partial charge in [-0.15, -0.1) is 0 Å². The third-order valence-electron chi connectivity index (χ3n) is 5.16. The van der Waals surface area contributed by atoms with Crippen molar-refractivity contribution in [1.29, 1.82) is 0 Å². The van der Waals surface area contributed by atoms with Crippen molar-refractivity contribution >= 4 is 6.21 Å². The van der Waals surface area contributed by atoms with Gasteiger partial charge in [0.15, 0.2) is 5.88 Å². The molecule has 1 heterocycles. The zero-order valence-electron chi connectivity index (χ0n) is 12.9. The van der Waals surface area contributed by atoms with Crippen LogP contribution in [0, 0.1) is 5.92 Å². The van der Waals surface area contributed by atoms with E-state index in [0.717, 1.165) is 44.1 Å². The molecule has 2 aliphatic carbocycles. The molecule has 1 saturated carbocycles. The average molecular weight is 290 g/mol. The molecule has 0 saturated heterocycles. The van der Waals surface area contributed by atoms with E-state index in [1.165, 1.54) is 24.1 Å². The average Bonchev–Trinajstić information content (AvgIpc) is 2.78. The largest absolute Gasteiger partial charge is 0.494 e. The van der Waals surface area contributed by atoms with E-state index in [1.54, 1.807) is 0 Å². The lowest BCUT2D eigenvalue weighted by Gasteiger charge is -2.25. The molecule has 116 valence electrons. The number of aromatic hydroxyl groups is 1. The molecule has 1 aromatic rings. The summed E-state index contributed by atoms with van der Waals surface area (Å²) >= 11 is 0. The number of aliphatic hydroxyl groups excluding tert-OH is 1. The van der Waals surface area contributed by atoms with Gasteiger partial charge in [0.05, 0.1) is 11.6 Å². The van der Waals surface area contributed by atoms with Gasteiger partial charge in [-0.1, -0.05) is 6.42 Å². The minimum Gasteiger partial charge on any atom is -0.494 e. The highest BCUT2D eigenvalue weighted by Crippen LogP contribution is 2.32. The molecule has 0 bridgehead atoms. The van der Waals surface area contributed by atoms with Gasteiger partial charge in [-0.3, -0.25) is 4.99 Å². The second-order valence-electron chi connectivity index (χ2n) is 6.58. The fourth-order valence-electron chi connectivity index (χ4n) is 3.87. The van der Waals surface area contributed by atoms with Gasteiger partial charge >= 0.3 is 0 Å². The van der Waals surface area contributed by atoms with Crippen LogP contribution in [0.25, 0.3) is 0 Å². The highest BCUT2D eigenvalue weighted by Gasteiger charge is 2.23. The van der Waals surface area contributed by atoms with Gasteiger partial charge in [0, 0.05) is 25.6 Å². The summed E-state index contributed by atoms with van der Waals surface area (Å²) in [5, 5.41) is 19.7. The molecular formula is C17H26N2O2. The van der Waals surface area contributed by atoms with Crippen LogP contribution in [-0.2, 0) is 19.9 Å². The molecule has 0 aromatic carbocycles. The lowest BCUT2D eigenvalue weighted by atomic mass is 9.86. The normalized spacial score (nSPS) is 26.2. The molecule has 0 radical (unpaired) electrons. The Bertz CT molecular complexity index is 533. The van der Waals surface area contributed by atoms with Gasteiger partial charge in [0.25, 0.3) is 0 Å². The summed E-state index contributed by atoms with van der Waals surface area (Å²) in [5.41, 5.74) is 3.50. The van der Waals surface area contributed by atoms with Crippen LogP contribution < -0.4 is 0 Å². The molecule has 1 fully saturated rings. The molecule has 3 rings (SSSR count). The summed E-state index contributed by atoms with van der Waals surface area (Å²) in [6.45, 7) is 0.276. The van der Waals surface area contributed by atoms with Crippen LogP contribution in [0.15, 0.2) is 4.99 Å². The van der Waals surface area contributed by atoms with Crippen LogP contribution in [0.1, 0.15) is 55.3 Å². The van der Waals surface area contributed by atoms with E-state index in [9.17, 15) is 10.2 Å². The Hall–Kier alpha value is -1.29. The monoisotopic (exact) mass is 290 g/mol. The highest BCUT2D eigenvalue weighted by molar-refractivity contribution is 5.86. The Morgan fingerprint density at radius 2 is 2.05 bits per heavy atom. The van der Waals surface area contributed by atoms with Crippen molar-refractivity contribution in [3.05, 3.63) is 16.8 Å². The van der Waals surface area contributed by atoms with E-state index in [-0.39, 0.29) is 6.61 Å². The third kappa shape index (κ3) is 2.86. The number of aliphatic hydroxyl groups is 1. The van der Waals surface area contributed by atoms with Crippen LogP contribution in [-0.4, -0.2) is 33.6 Å². The maximum Gasteiger partial charge on any atom is 0.200 e. The van der Waals surface area contributed by atoms with Crippen molar-refractivity contribution in [1.82, 2.24) is 4.57 Å². The van der Waals surface area contributed by atoms with Crippen molar-refractivity contribution in [3.8, 4) is 5.88 Å². The molecule has 2 atom stereocenters. The minimum absolute atomic E-state index is 0.276. The summed E-state index contributed by atoms with van der Waals surface area (Å²) in [5.74, 6) is 0.763. The molecule has 2 unspecified atom stereocenters. The molecule has 0 aliphatic heterocycles. The summed E-state index contributed by atoms with van der Waals surface area (Å²) in [6.07, 6.45) is 10.8. The van der Waals surface area contributed by atoms with E-state index >= 15 is 0 Å². The number of aromatic nitrogens is 1. The SMILES string of the molecule is Cn1c(O)c(C=NC2CCCC(CO)C2)c2c1CCCC2. The van der Waals surface area contributed by atoms with Gasteiger partial charge in [0.1, 0.15) is 0 Å². The van der Waals surface area contributed by atoms with Gasteiger partial charge in [-0.05, 0) is 56.4 Å². The molecule has 4 nitrogen and oxygen atoms in total. The Balaban J connectivity index is 1.80. The van der Waals surface area contributed by atoms with Gasteiger partial charge in [-0.25, -0.2) is 0 Å². The zero-order valence-corrected chi connectivity index (χ0v) is 12.9. The van der Waals surface area contributed by atoms with Crippen LogP contribution in [0.4, 0.5) is 0 Å². The second-order valence-corrected chi connectivity index (χ2v) is 6.58. The van der Waals surface area contributed by atoms with Crippen molar-refractivity contribution in [2.24, 2.45) is 18.0 Å². The number of hydrogen-bond donors (Lipinski definition) is 2. The van der Waals surface area contributed by atoms with Crippen molar-refractivity contribution < 1.29 is 10.2 Å². The maximum absolute atomic E-state index is 10.3. The zero-order chi connectivity index (χ0) is 14.8. The predicted octanol–water partition coefficient (Wildman–Crippen LogP) is 2.58. The van der Waals surface area contributed by atoms with Gasteiger partial charge < -0.3 is 14.8 Å². The molecule has 1 aromatic heterocycles. The van der Waals surface area contributed by atoms with Crippen molar-refractivity contribution in [2.45, 2.75) is 57.4 Å². The van der Waals surface area contributed by atoms with Gasteiger partial charge in [0.2, 0.25) is 0 Å². The van der Waals surface area contributed by atoms with Crippen molar-refractivity contribution in [2.75, 3.05) is 6.61 Å². The van der Waals surface area contributed by atoms with Gasteiger partial charge in [-0.2, -0.15) is 0 Å². The lowest BCUT2D eigenvalue weighted by molar-refractivity contribution is 0.181. The molecule has 2 N–H and O–H groups in total. The fraction of sp³-hybridized carbons (Fsp3) is 0.706. The predicted molar refractivity (Wildman–Crippen MR) is 84.1 cm³/mol. The first-order valence-electron chi connectivity index (χ1n) is 8.24. The molecule has 0 spiro atoms. The van der Waals surface area contributed by atoms with E-state index < -0.39 is 0 Å². The quantitative estimate of drug-likeness (QED) is 0.841. The van der Waals surface area contributed by atoms with Crippen LogP contribution in [0.3, 0.4) is 0 Å². The van der Waals surface area contributed by atoms with E-state index in [1.807, 2.05) is 17.8 Å². The molecular weight excluding hydrogens is 264 g/mol. The van der Waals surface area contributed by atoms with Crippen molar-refractivity contribution in [3.63, 3.8) is 0 Å². The summed E-state index contributed by atoms with van der Waals surface area (Å²) < 4.78 is 1.92. The standard InChI is InChI=1S/C17H26N2O2/c1-19-16-8-3-2-7-14(16)15(17(19)21)10-18-13-6-4-5-12(9-13)11-20/h10,12-13,20-21H,2-9,11H2,1H3. The Morgan fingerprint density at radius 1 is 1.24 bits per heavy atom. The third-order valence-corrected chi connectivity index (χ3v) is 5.16. The Labute approximate surface area is 126 Å². The summed E-state index contributed by atoms with van der Waals surface area (Å²) in [4.78, 5) is 4.72. The first kappa shape index (κ1) is 14.6.